The van der Waals surface area contributed by atoms with Crippen molar-refractivity contribution in [3.8, 4) is 0 Å². The molecule has 3 aliphatic rings. The Labute approximate surface area is 188 Å². The fraction of sp³-hybridized carbons (Fsp3) is 0.348. The summed E-state index contributed by atoms with van der Waals surface area (Å²) in [6.07, 6.45) is 1.58. The minimum absolute atomic E-state index is 0.0765. The van der Waals surface area contributed by atoms with E-state index in [1.54, 1.807) is 12.1 Å². The van der Waals surface area contributed by atoms with Crippen molar-refractivity contribution < 1.29 is 19.3 Å². The summed E-state index contributed by atoms with van der Waals surface area (Å²) in [4.78, 5) is 54.1. The van der Waals surface area contributed by atoms with Gasteiger partial charge in [-0.25, -0.2) is 4.90 Å². The van der Waals surface area contributed by atoms with Crippen LogP contribution in [0.1, 0.15) is 28.8 Å². The third-order valence-electron chi connectivity index (χ3n) is 6.84. The van der Waals surface area contributed by atoms with E-state index in [1.807, 2.05) is 24.0 Å². The van der Waals surface area contributed by atoms with E-state index >= 15 is 0 Å². The zero-order valence-electron chi connectivity index (χ0n) is 17.2. The van der Waals surface area contributed by atoms with Gasteiger partial charge >= 0.3 is 0 Å². The van der Waals surface area contributed by atoms with Gasteiger partial charge in [-0.1, -0.05) is 41.4 Å². The molecular weight excluding hydrogens is 434 g/mol. The molecule has 8 nitrogen and oxygen atoms in total. The fourth-order valence-corrected chi connectivity index (χ4v) is 5.62. The number of amides is 2. The van der Waals surface area contributed by atoms with E-state index in [1.165, 1.54) is 12.1 Å². The van der Waals surface area contributed by atoms with Crippen LogP contribution in [0.5, 0.6) is 0 Å². The monoisotopic (exact) mass is 453 g/mol. The standard InChI is InChI=1S/C23H20ClN3O5/c1-12-4-6-13(7-5-12)21(28)20-19-18(16-3-2-10-25(16)20)22(29)26(23(19)30)14-8-9-15(24)17(11-14)27(31)32/h4-9,11,16,18-20H,2-3,10H2,1H3. The SMILES string of the molecule is Cc1ccc(C(=O)C2C3C(=O)N(c4ccc(Cl)c([N+](=O)[O-])c4)C(=O)C3C3CCCN32)cc1. The van der Waals surface area contributed by atoms with Gasteiger partial charge < -0.3 is 0 Å². The van der Waals surface area contributed by atoms with Crippen LogP contribution >= 0.6 is 11.6 Å². The van der Waals surface area contributed by atoms with Gasteiger partial charge in [-0.3, -0.25) is 29.4 Å². The average Bonchev–Trinajstić information content (AvgIpc) is 3.41. The Bertz CT molecular complexity index is 1160. The third-order valence-corrected chi connectivity index (χ3v) is 7.16. The second-order valence-electron chi connectivity index (χ2n) is 8.58. The highest BCUT2D eigenvalue weighted by molar-refractivity contribution is 6.33. The normalized spacial score (nSPS) is 27.0. The molecule has 0 aromatic heterocycles. The number of nitro benzene ring substituents is 1. The highest BCUT2D eigenvalue weighted by Gasteiger charge is 2.64. The van der Waals surface area contributed by atoms with Gasteiger partial charge in [0.25, 0.3) is 5.69 Å². The molecule has 0 saturated carbocycles. The molecule has 2 aromatic carbocycles. The molecule has 2 amide bonds. The zero-order chi connectivity index (χ0) is 22.7. The maximum atomic E-state index is 13.5. The van der Waals surface area contributed by atoms with Gasteiger partial charge in [-0.05, 0) is 38.4 Å². The molecular formula is C23H20ClN3O5. The lowest BCUT2D eigenvalue weighted by atomic mass is 9.85. The second kappa shape index (κ2) is 7.50. The Hall–Kier alpha value is -3.10. The van der Waals surface area contributed by atoms with Crippen LogP contribution in [0, 0.1) is 28.9 Å². The van der Waals surface area contributed by atoms with Crippen LogP contribution < -0.4 is 4.90 Å². The molecule has 2 aromatic rings. The van der Waals surface area contributed by atoms with Crippen LogP contribution in [0.3, 0.4) is 0 Å². The molecule has 9 heteroatoms. The summed E-state index contributed by atoms with van der Waals surface area (Å²) >= 11 is 5.90. The highest BCUT2D eigenvalue weighted by Crippen LogP contribution is 2.49. The van der Waals surface area contributed by atoms with Crippen LogP contribution in [-0.4, -0.2) is 46.0 Å². The Morgan fingerprint density at radius 2 is 1.78 bits per heavy atom. The molecule has 3 saturated heterocycles. The molecule has 3 heterocycles. The molecule has 0 N–H and O–H groups in total. The smallest absolute Gasteiger partial charge is 0.289 e. The molecule has 0 radical (unpaired) electrons. The Morgan fingerprint density at radius 1 is 1.09 bits per heavy atom. The number of nitro groups is 1. The Balaban J connectivity index is 1.55. The highest BCUT2D eigenvalue weighted by atomic mass is 35.5. The molecule has 0 bridgehead atoms. The molecule has 5 rings (SSSR count). The number of fused-ring (bicyclic) bond motifs is 3. The largest absolute Gasteiger partial charge is 0.292 e. The lowest BCUT2D eigenvalue weighted by Gasteiger charge is -2.27. The number of ketones is 1. The van der Waals surface area contributed by atoms with Gasteiger partial charge in [0.05, 0.1) is 28.5 Å². The Kier molecular flexibility index (Phi) is 4.87. The van der Waals surface area contributed by atoms with Crippen molar-refractivity contribution in [3.63, 3.8) is 0 Å². The van der Waals surface area contributed by atoms with Crippen molar-refractivity contribution in [2.45, 2.75) is 31.8 Å². The molecule has 4 atom stereocenters. The van der Waals surface area contributed by atoms with E-state index in [4.69, 9.17) is 11.6 Å². The summed E-state index contributed by atoms with van der Waals surface area (Å²) < 4.78 is 0. The van der Waals surface area contributed by atoms with E-state index in [9.17, 15) is 24.5 Å². The summed E-state index contributed by atoms with van der Waals surface area (Å²) in [6, 6.07) is 10.2. The van der Waals surface area contributed by atoms with Gasteiger partial charge in [0, 0.05) is 17.7 Å². The molecule has 0 spiro atoms. The van der Waals surface area contributed by atoms with Crippen molar-refractivity contribution in [3.05, 3.63) is 68.7 Å². The molecule has 4 unspecified atom stereocenters. The quantitative estimate of drug-likeness (QED) is 0.304. The number of anilines is 1. The van der Waals surface area contributed by atoms with Crippen LogP contribution in [0.4, 0.5) is 11.4 Å². The number of aryl methyl sites for hydroxylation is 1. The van der Waals surface area contributed by atoms with Crippen molar-refractivity contribution in [1.82, 2.24) is 4.90 Å². The first-order valence-electron chi connectivity index (χ1n) is 10.5. The molecule has 164 valence electrons. The maximum Gasteiger partial charge on any atom is 0.289 e. The van der Waals surface area contributed by atoms with E-state index in [-0.39, 0.29) is 28.2 Å². The zero-order valence-corrected chi connectivity index (χ0v) is 18.0. The summed E-state index contributed by atoms with van der Waals surface area (Å²) in [5, 5.41) is 11.2. The first-order valence-corrected chi connectivity index (χ1v) is 10.9. The van der Waals surface area contributed by atoms with E-state index in [0.717, 1.165) is 29.4 Å². The minimum atomic E-state index is -0.809. The number of hydrogen-bond donors (Lipinski definition) is 0. The molecule has 32 heavy (non-hydrogen) atoms. The average molecular weight is 454 g/mol. The van der Waals surface area contributed by atoms with Gasteiger partial charge in [-0.15, -0.1) is 0 Å². The number of halogens is 1. The van der Waals surface area contributed by atoms with Gasteiger partial charge in [0.15, 0.2) is 5.78 Å². The number of hydrogen-bond acceptors (Lipinski definition) is 6. The van der Waals surface area contributed by atoms with Crippen molar-refractivity contribution in [2.75, 3.05) is 11.4 Å². The van der Waals surface area contributed by atoms with E-state index in [2.05, 4.69) is 0 Å². The van der Waals surface area contributed by atoms with E-state index < -0.39 is 34.6 Å². The van der Waals surface area contributed by atoms with Gasteiger partial charge in [-0.2, -0.15) is 0 Å². The summed E-state index contributed by atoms with van der Waals surface area (Å²) in [6.45, 7) is 2.59. The van der Waals surface area contributed by atoms with Crippen LogP contribution in [0.25, 0.3) is 0 Å². The Morgan fingerprint density at radius 3 is 2.47 bits per heavy atom. The predicted octanol–water partition coefficient (Wildman–Crippen LogP) is 3.39. The molecule has 3 aliphatic heterocycles. The number of rotatable bonds is 4. The predicted molar refractivity (Wildman–Crippen MR) is 117 cm³/mol. The molecule has 3 fully saturated rings. The number of imide groups is 1. The lowest BCUT2D eigenvalue weighted by molar-refractivity contribution is -0.384. The third kappa shape index (κ3) is 2.97. The number of carbonyl (C=O) groups excluding carboxylic acids is 3. The number of Topliss-reactive ketones (excluding diaryl/α,β-unsaturated/α-hetero) is 1. The second-order valence-corrected chi connectivity index (χ2v) is 8.99. The minimum Gasteiger partial charge on any atom is -0.292 e. The lowest BCUT2D eigenvalue weighted by Crippen LogP contribution is -2.46. The first kappa shape index (κ1) is 20.8. The van der Waals surface area contributed by atoms with Crippen LogP contribution in [0.2, 0.25) is 5.02 Å². The number of carbonyl (C=O) groups is 3. The van der Waals surface area contributed by atoms with Crippen LogP contribution in [0.15, 0.2) is 42.5 Å². The number of nitrogens with zero attached hydrogens (tertiary/aromatic N) is 3. The van der Waals surface area contributed by atoms with Crippen molar-refractivity contribution in [2.24, 2.45) is 11.8 Å². The molecule has 0 aliphatic carbocycles. The maximum absolute atomic E-state index is 13.5. The van der Waals surface area contributed by atoms with Gasteiger partial charge in [0.1, 0.15) is 5.02 Å². The summed E-state index contributed by atoms with van der Waals surface area (Å²) in [5.41, 5.74) is 1.26. The summed E-state index contributed by atoms with van der Waals surface area (Å²) in [5.74, 6) is -2.52. The summed E-state index contributed by atoms with van der Waals surface area (Å²) in [7, 11) is 0. The number of benzene rings is 2. The van der Waals surface area contributed by atoms with Gasteiger partial charge in [0.2, 0.25) is 11.8 Å². The van der Waals surface area contributed by atoms with Crippen molar-refractivity contribution >= 4 is 40.6 Å². The van der Waals surface area contributed by atoms with E-state index in [0.29, 0.717) is 12.1 Å². The topological polar surface area (TPSA) is 101 Å². The van der Waals surface area contributed by atoms with Crippen molar-refractivity contribution in [1.29, 1.82) is 0 Å². The van der Waals surface area contributed by atoms with Crippen LogP contribution in [-0.2, 0) is 9.59 Å². The first-order chi connectivity index (χ1) is 15.3. The fourth-order valence-electron chi connectivity index (χ4n) is 5.44.